The standard InChI is InChI=1S/C19H18ClFN4/c1-13-10-18(24-17-7-3-6-16(21)12-17)25-19(23-13)22-9-8-14-4-2-5-15(20)11-14/h2-7,10-12H,8-9H2,1H3,(H2,22,23,24,25). The smallest absolute Gasteiger partial charge is 0.224 e. The van der Waals surface area contributed by atoms with E-state index in [1.54, 1.807) is 12.1 Å². The van der Waals surface area contributed by atoms with Crippen molar-refractivity contribution in [1.29, 1.82) is 0 Å². The highest BCUT2D eigenvalue weighted by atomic mass is 35.5. The zero-order valence-electron chi connectivity index (χ0n) is 13.8. The van der Waals surface area contributed by atoms with Crippen molar-refractivity contribution >= 4 is 29.1 Å². The van der Waals surface area contributed by atoms with Gasteiger partial charge in [-0.25, -0.2) is 9.37 Å². The molecule has 2 N–H and O–H groups in total. The van der Waals surface area contributed by atoms with E-state index in [1.165, 1.54) is 12.1 Å². The number of anilines is 3. The molecular formula is C19H18ClFN4. The summed E-state index contributed by atoms with van der Waals surface area (Å²) < 4.78 is 13.3. The summed E-state index contributed by atoms with van der Waals surface area (Å²) >= 11 is 5.99. The van der Waals surface area contributed by atoms with Gasteiger partial charge in [0.05, 0.1) is 0 Å². The van der Waals surface area contributed by atoms with Gasteiger partial charge in [-0.15, -0.1) is 0 Å². The maximum Gasteiger partial charge on any atom is 0.224 e. The summed E-state index contributed by atoms with van der Waals surface area (Å²) in [5.41, 5.74) is 2.60. The first-order valence-electron chi connectivity index (χ1n) is 7.95. The zero-order chi connectivity index (χ0) is 17.6. The molecule has 0 fully saturated rings. The van der Waals surface area contributed by atoms with Crippen LogP contribution in [0.25, 0.3) is 0 Å². The molecule has 3 rings (SSSR count). The molecular weight excluding hydrogens is 339 g/mol. The van der Waals surface area contributed by atoms with Gasteiger partial charge < -0.3 is 10.6 Å². The Morgan fingerprint density at radius 3 is 2.68 bits per heavy atom. The van der Waals surface area contributed by atoms with Crippen molar-refractivity contribution in [2.24, 2.45) is 0 Å². The lowest BCUT2D eigenvalue weighted by molar-refractivity contribution is 0.628. The summed E-state index contributed by atoms with van der Waals surface area (Å²) in [4.78, 5) is 8.80. The van der Waals surface area contributed by atoms with Crippen LogP contribution in [0.2, 0.25) is 5.02 Å². The molecule has 25 heavy (non-hydrogen) atoms. The highest BCUT2D eigenvalue weighted by molar-refractivity contribution is 6.30. The minimum absolute atomic E-state index is 0.296. The third-order valence-electron chi connectivity index (χ3n) is 3.54. The Bertz CT molecular complexity index is 870. The molecule has 0 aliphatic rings. The van der Waals surface area contributed by atoms with Crippen LogP contribution in [0.15, 0.2) is 54.6 Å². The molecule has 0 atom stereocenters. The molecule has 0 aliphatic heterocycles. The van der Waals surface area contributed by atoms with Crippen molar-refractivity contribution in [2.45, 2.75) is 13.3 Å². The van der Waals surface area contributed by atoms with Gasteiger partial charge in [0.25, 0.3) is 0 Å². The van der Waals surface area contributed by atoms with Crippen LogP contribution in [0.1, 0.15) is 11.3 Å². The van der Waals surface area contributed by atoms with E-state index in [1.807, 2.05) is 37.3 Å². The van der Waals surface area contributed by atoms with Gasteiger partial charge in [-0.1, -0.05) is 29.8 Å². The van der Waals surface area contributed by atoms with Crippen LogP contribution >= 0.6 is 11.6 Å². The van der Waals surface area contributed by atoms with E-state index in [9.17, 15) is 4.39 Å². The summed E-state index contributed by atoms with van der Waals surface area (Å²) in [7, 11) is 0. The molecule has 0 saturated carbocycles. The summed E-state index contributed by atoms with van der Waals surface area (Å²) in [6.45, 7) is 2.57. The second-order valence-electron chi connectivity index (χ2n) is 5.66. The van der Waals surface area contributed by atoms with E-state index in [0.717, 1.165) is 22.7 Å². The summed E-state index contributed by atoms with van der Waals surface area (Å²) in [5.74, 6) is 0.847. The maximum atomic E-state index is 13.3. The van der Waals surface area contributed by atoms with E-state index >= 15 is 0 Å². The summed E-state index contributed by atoms with van der Waals surface area (Å²) in [6.07, 6.45) is 0.810. The first kappa shape index (κ1) is 17.2. The molecule has 0 unspecified atom stereocenters. The molecule has 0 spiro atoms. The van der Waals surface area contributed by atoms with Gasteiger partial charge in [0.2, 0.25) is 5.95 Å². The molecule has 1 heterocycles. The Kier molecular flexibility index (Phi) is 5.46. The van der Waals surface area contributed by atoms with Crippen molar-refractivity contribution in [3.63, 3.8) is 0 Å². The Hall–Kier alpha value is -2.66. The summed E-state index contributed by atoms with van der Waals surface area (Å²) in [6, 6.07) is 15.8. The minimum Gasteiger partial charge on any atom is -0.354 e. The Balaban J connectivity index is 1.65. The number of nitrogens with one attached hydrogen (secondary N) is 2. The third-order valence-corrected chi connectivity index (χ3v) is 3.77. The molecule has 4 nitrogen and oxygen atoms in total. The normalized spacial score (nSPS) is 10.5. The van der Waals surface area contributed by atoms with Crippen molar-refractivity contribution < 1.29 is 4.39 Å². The Labute approximate surface area is 151 Å². The van der Waals surface area contributed by atoms with Crippen molar-refractivity contribution in [2.75, 3.05) is 17.2 Å². The van der Waals surface area contributed by atoms with Gasteiger partial charge in [-0.05, 0) is 49.2 Å². The lowest BCUT2D eigenvalue weighted by Gasteiger charge is -2.10. The van der Waals surface area contributed by atoms with Gasteiger partial charge in [0.15, 0.2) is 0 Å². The second-order valence-corrected chi connectivity index (χ2v) is 6.10. The van der Waals surface area contributed by atoms with Crippen molar-refractivity contribution in [1.82, 2.24) is 9.97 Å². The van der Waals surface area contributed by atoms with Crippen LogP contribution in [-0.2, 0) is 6.42 Å². The molecule has 1 aromatic heterocycles. The van der Waals surface area contributed by atoms with Crippen molar-refractivity contribution in [3.05, 3.63) is 76.7 Å². The molecule has 0 radical (unpaired) electrons. The fourth-order valence-electron chi connectivity index (χ4n) is 2.44. The van der Waals surface area contributed by atoms with Crippen LogP contribution in [0.3, 0.4) is 0 Å². The summed E-state index contributed by atoms with van der Waals surface area (Å²) in [5, 5.41) is 7.03. The first-order chi connectivity index (χ1) is 12.1. The predicted octanol–water partition coefficient (Wildman–Crippen LogP) is 4.98. The molecule has 2 aromatic carbocycles. The van der Waals surface area contributed by atoms with Gasteiger partial charge in [0, 0.05) is 29.0 Å². The van der Waals surface area contributed by atoms with Crippen LogP contribution in [0.5, 0.6) is 0 Å². The van der Waals surface area contributed by atoms with E-state index in [2.05, 4.69) is 20.6 Å². The molecule has 0 bridgehead atoms. The van der Waals surface area contributed by atoms with E-state index in [-0.39, 0.29) is 5.82 Å². The molecule has 3 aromatic rings. The Morgan fingerprint density at radius 2 is 1.88 bits per heavy atom. The van der Waals surface area contributed by atoms with Gasteiger partial charge in [0.1, 0.15) is 11.6 Å². The van der Waals surface area contributed by atoms with Crippen LogP contribution in [-0.4, -0.2) is 16.5 Å². The third kappa shape index (κ3) is 5.16. The largest absolute Gasteiger partial charge is 0.354 e. The molecule has 0 aliphatic carbocycles. The molecule has 0 saturated heterocycles. The quantitative estimate of drug-likeness (QED) is 0.654. The second kappa shape index (κ2) is 7.94. The van der Waals surface area contributed by atoms with E-state index < -0.39 is 0 Å². The average molecular weight is 357 g/mol. The van der Waals surface area contributed by atoms with E-state index in [0.29, 0.717) is 24.0 Å². The fraction of sp³-hybridized carbons (Fsp3) is 0.158. The average Bonchev–Trinajstić information content (AvgIpc) is 2.54. The SMILES string of the molecule is Cc1cc(Nc2cccc(F)c2)nc(NCCc2cccc(Cl)c2)n1. The first-order valence-corrected chi connectivity index (χ1v) is 8.33. The molecule has 0 amide bonds. The monoisotopic (exact) mass is 356 g/mol. The van der Waals surface area contributed by atoms with Gasteiger partial charge in [-0.3, -0.25) is 0 Å². The maximum absolute atomic E-state index is 13.3. The number of halogens is 2. The lowest BCUT2D eigenvalue weighted by atomic mass is 10.1. The zero-order valence-corrected chi connectivity index (χ0v) is 14.5. The predicted molar refractivity (Wildman–Crippen MR) is 100 cm³/mol. The number of benzene rings is 2. The molecule has 128 valence electrons. The number of aromatic nitrogens is 2. The van der Waals surface area contributed by atoms with Gasteiger partial charge >= 0.3 is 0 Å². The Morgan fingerprint density at radius 1 is 1.04 bits per heavy atom. The van der Waals surface area contributed by atoms with Crippen LogP contribution in [0.4, 0.5) is 21.8 Å². The topological polar surface area (TPSA) is 49.8 Å². The highest BCUT2D eigenvalue weighted by Crippen LogP contribution is 2.18. The van der Waals surface area contributed by atoms with E-state index in [4.69, 9.17) is 11.6 Å². The number of nitrogens with zero attached hydrogens (tertiary/aromatic N) is 2. The minimum atomic E-state index is -0.296. The lowest BCUT2D eigenvalue weighted by Crippen LogP contribution is -2.09. The number of hydrogen-bond acceptors (Lipinski definition) is 4. The highest BCUT2D eigenvalue weighted by Gasteiger charge is 2.04. The molecule has 6 heteroatoms. The van der Waals surface area contributed by atoms with Crippen molar-refractivity contribution in [3.8, 4) is 0 Å². The number of hydrogen-bond donors (Lipinski definition) is 2. The van der Waals surface area contributed by atoms with Crippen LogP contribution in [0, 0.1) is 12.7 Å². The van der Waals surface area contributed by atoms with Gasteiger partial charge in [-0.2, -0.15) is 4.98 Å². The fourth-order valence-corrected chi connectivity index (χ4v) is 2.65. The van der Waals surface area contributed by atoms with Crippen LogP contribution < -0.4 is 10.6 Å². The number of rotatable bonds is 6. The number of aryl methyl sites for hydroxylation is 1.